The topological polar surface area (TPSA) is 21.3 Å². The normalized spacial score (nSPS) is 10.6. The predicted octanol–water partition coefficient (Wildman–Crippen LogP) is 7.71. The fourth-order valence-electron chi connectivity index (χ4n) is 2.32. The lowest BCUT2D eigenvalue weighted by molar-refractivity contribution is 0.304. The summed E-state index contributed by atoms with van der Waals surface area (Å²) in [5.74, 6) is 0.811. The Labute approximate surface area is 179 Å². The smallest absolute Gasteiger partial charge is 0.134 e. The second-order valence-electron chi connectivity index (χ2n) is 5.66. The molecule has 0 saturated heterocycles. The van der Waals surface area contributed by atoms with E-state index in [-0.39, 0.29) is 0 Å². The molecule has 3 rings (SSSR count). The lowest BCUT2D eigenvalue weighted by Crippen LogP contribution is -2.00. The Balaban J connectivity index is 1.59. The van der Waals surface area contributed by atoms with Crippen molar-refractivity contribution < 1.29 is 4.74 Å². The van der Waals surface area contributed by atoms with Crippen LogP contribution in [0.4, 0.5) is 5.69 Å². The van der Waals surface area contributed by atoms with Crippen molar-refractivity contribution in [2.45, 2.75) is 13.2 Å². The number of ether oxygens (including phenoxy) is 1. The van der Waals surface area contributed by atoms with Gasteiger partial charge >= 0.3 is 0 Å². The molecule has 0 atom stereocenters. The zero-order valence-corrected chi connectivity index (χ0v) is 18.3. The summed E-state index contributed by atoms with van der Waals surface area (Å²) < 4.78 is 7.87. The molecule has 0 fully saturated rings. The van der Waals surface area contributed by atoms with Gasteiger partial charge in [-0.3, -0.25) is 0 Å². The van der Waals surface area contributed by atoms with E-state index in [9.17, 15) is 0 Å². The van der Waals surface area contributed by atoms with Crippen molar-refractivity contribution in [1.82, 2.24) is 0 Å². The van der Waals surface area contributed by atoms with Crippen LogP contribution >= 0.6 is 55.1 Å². The average molecular weight is 516 g/mol. The summed E-state index contributed by atoms with van der Waals surface area (Å²) in [6.07, 6.45) is 0. The fraction of sp³-hybridized carbons (Fsp3) is 0.100. The Morgan fingerprint density at radius 1 is 0.808 bits per heavy atom. The number of rotatable bonds is 6. The molecule has 0 aromatic heterocycles. The SMILES string of the molecule is Clc1ccc(NCc2ccc(OCc3ccc(Br)cc3)c(Br)c2)cc1Cl. The maximum atomic E-state index is 6.04. The minimum absolute atomic E-state index is 0.521. The second-order valence-corrected chi connectivity index (χ2v) is 8.25. The van der Waals surface area contributed by atoms with E-state index in [0.29, 0.717) is 23.2 Å². The van der Waals surface area contributed by atoms with Gasteiger partial charge in [0.2, 0.25) is 0 Å². The number of hydrogen-bond donors (Lipinski definition) is 1. The molecule has 0 amide bonds. The number of anilines is 1. The van der Waals surface area contributed by atoms with Crippen LogP contribution in [0.15, 0.2) is 69.6 Å². The quantitative estimate of drug-likeness (QED) is 0.363. The Kier molecular flexibility index (Phi) is 6.87. The minimum Gasteiger partial charge on any atom is -0.488 e. The molecule has 0 unspecified atom stereocenters. The molecule has 0 heterocycles. The third kappa shape index (κ3) is 5.40. The van der Waals surface area contributed by atoms with Gasteiger partial charge in [-0.15, -0.1) is 0 Å². The van der Waals surface area contributed by atoms with Crippen LogP contribution in [-0.4, -0.2) is 0 Å². The molecule has 3 aromatic carbocycles. The Morgan fingerprint density at radius 3 is 2.23 bits per heavy atom. The van der Waals surface area contributed by atoms with Crippen molar-refractivity contribution in [3.05, 3.63) is 90.8 Å². The van der Waals surface area contributed by atoms with E-state index < -0.39 is 0 Å². The van der Waals surface area contributed by atoms with Crippen LogP contribution in [0.1, 0.15) is 11.1 Å². The minimum atomic E-state index is 0.521. The lowest BCUT2D eigenvalue weighted by atomic mass is 10.2. The summed E-state index contributed by atoms with van der Waals surface area (Å²) in [5, 5.41) is 4.41. The summed E-state index contributed by atoms with van der Waals surface area (Å²) in [7, 11) is 0. The van der Waals surface area contributed by atoms with Gasteiger partial charge in [0.05, 0.1) is 14.5 Å². The summed E-state index contributed by atoms with van der Waals surface area (Å²) in [5.41, 5.74) is 3.16. The monoisotopic (exact) mass is 513 g/mol. The molecule has 6 heteroatoms. The Hall–Kier alpha value is -1.20. The zero-order chi connectivity index (χ0) is 18.5. The van der Waals surface area contributed by atoms with Crippen LogP contribution in [0.25, 0.3) is 0 Å². The first-order valence-electron chi connectivity index (χ1n) is 7.86. The van der Waals surface area contributed by atoms with Gasteiger partial charge in [0.25, 0.3) is 0 Å². The predicted molar refractivity (Wildman–Crippen MR) is 116 cm³/mol. The molecule has 0 saturated carbocycles. The van der Waals surface area contributed by atoms with Gasteiger partial charge in [0, 0.05) is 16.7 Å². The molecular formula is C20H15Br2Cl2NO. The van der Waals surface area contributed by atoms with Gasteiger partial charge in [-0.05, 0) is 69.5 Å². The van der Waals surface area contributed by atoms with E-state index in [2.05, 4.69) is 37.2 Å². The molecule has 1 N–H and O–H groups in total. The van der Waals surface area contributed by atoms with Gasteiger partial charge < -0.3 is 10.1 Å². The van der Waals surface area contributed by atoms with E-state index >= 15 is 0 Å². The average Bonchev–Trinajstić information content (AvgIpc) is 2.63. The highest BCUT2D eigenvalue weighted by Crippen LogP contribution is 2.28. The van der Waals surface area contributed by atoms with Crippen molar-refractivity contribution in [2.24, 2.45) is 0 Å². The molecule has 0 aliphatic heterocycles. The van der Waals surface area contributed by atoms with Crippen LogP contribution in [-0.2, 0) is 13.2 Å². The van der Waals surface area contributed by atoms with E-state index in [1.54, 1.807) is 6.07 Å². The lowest BCUT2D eigenvalue weighted by Gasteiger charge is -2.11. The van der Waals surface area contributed by atoms with Gasteiger partial charge in [0.15, 0.2) is 0 Å². The first-order chi connectivity index (χ1) is 12.5. The second kappa shape index (κ2) is 9.14. The highest BCUT2D eigenvalue weighted by molar-refractivity contribution is 9.10. The highest BCUT2D eigenvalue weighted by atomic mass is 79.9. The van der Waals surface area contributed by atoms with E-state index in [1.807, 2.05) is 54.6 Å². The van der Waals surface area contributed by atoms with Crippen LogP contribution in [0.5, 0.6) is 5.75 Å². The third-order valence-corrected chi connectivity index (χ3v) is 5.61. The molecule has 0 bridgehead atoms. The van der Waals surface area contributed by atoms with Crippen molar-refractivity contribution in [1.29, 1.82) is 0 Å². The van der Waals surface area contributed by atoms with Crippen molar-refractivity contribution in [2.75, 3.05) is 5.32 Å². The summed E-state index contributed by atoms with van der Waals surface area (Å²) in [6.45, 7) is 1.19. The molecule has 26 heavy (non-hydrogen) atoms. The van der Waals surface area contributed by atoms with Gasteiger partial charge in [-0.1, -0.05) is 57.3 Å². The maximum Gasteiger partial charge on any atom is 0.134 e. The first-order valence-corrected chi connectivity index (χ1v) is 10.2. The zero-order valence-electron chi connectivity index (χ0n) is 13.6. The van der Waals surface area contributed by atoms with Gasteiger partial charge in [-0.2, -0.15) is 0 Å². The molecule has 3 aromatic rings. The van der Waals surface area contributed by atoms with Gasteiger partial charge in [-0.25, -0.2) is 0 Å². The highest BCUT2D eigenvalue weighted by Gasteiger charge is 2.05. The molecule has 134 valence electrons. The van der Waals surface area contributed by atoms with Crippen LogP contribution in [0.3, 0.4) is 0 Å². The largest absolute Gasteiger partial charge is 0.488 e. The standard InChI is InChI=1S/C20H15Br2Cl2NO/c21-15-4-1-13(2-5-15)12-26-20-8-3-14(9-17(20)22)11-25-16-6-7-18(23)19(24)10-16/h1-10,25H,11-12H2. The number of benzene rings is 3. The van der Waals surface area contributed by atoms with Crippen molar-refractivity contribution >= 4 is 60.7 Å². The molecular weight excluding hydrogens is 501 g/mol. The van der Waals surface area contributed by atoms with E-state index in [4.69, 9.17) is 27.9 Å². The van der Waals surface area contributed by atoms with E-state index in [0.717, 1.165) is 31.5 Å². The van der Waals surface area contributed by atoms with E-state index in [1.165, 1.54) is 0 Å². The first kappa shape index (κ1) is 19.6. The van der Waals surface area contributed by atoms with Crippen molar-refractivity contribution in [3.63, 3.8) is 0 Å². The fourth-order valence-corrected chi connectivity index (χ4v) is 3.43. The molecule has 2 nitrogen and oxygen atoms in total. The third-order valence-electron chi connectivity index (χ3n) is 3.72. The molecule has 0 aliphatic rings. The van der Waals surface area contributed by atoms with Crippen molar-refractivity contribution in [3.8, 4) is 5.75 Å². The number of halogens is 4. The van der Waals surface area contributed by atoms with Crippen LogP contribution in [0, 0.1) is 0 Å². The summed E-state index contributed by atoms with van der Waals surface area (Å²) in [4.78, 5) is 0. The molecule has 0 aliphatic carbocycles. The molecule has 0 spiro atoms. The van der Waals surface area contributed by atoms with Gasteiger partial charge in [0.1, 0.15) is 12.4 Å². The molecule has 0 radical (unpaired) electrons. The summed E-state index contributed by atoms with van der Waals surface area (Å²) >= 11 is 19.0. The van der Waals surface area contributed by atoms with Crippen LogP contribution in [0.2, 0.25) is 10.0 Å². The summed E-state index contributed by atoms with van der Waals surface area (Å²) in [6, 6.07) is 19.6. The Morgan fingerprint density at radius 2 is 1.54 bits per heavy atom. The maximum absolute atomic E-state index is 6.04. The van der Waals surface area contributed by atoms with Crippen LogP contribution < -0.4 is 10.1 Å². The number of hydrogen-bond acceptors (Lipinski definition) is 2. The number of nitrogens with one attached hydrogen (secondary N) is 1. The Bertz CT molecular complexity index is 901.